The van der Waals surface area contributed by atoms with Crippen LogP contribution in [-0.4, -0.2) is 64.2 Å². The summed E-state index contributed by atoms with van der Waals surface area (Å²) in [7, 11) is 4.14. The van der Waals surface area contributed by atoms with Gasteiger partial charge in [-0.15, -0.1) is 0 Å². The van der Waals surface area contributed by atoms with Crippen LogP contribution in [0.5, 0.6) is 5.75 Å². The lowest BCUT2D eigenvalue weighted by atomic mass is 10.0. The van der Waals surface area contributed by atoms with E-state index in [0.717, 1.165) is 38.8 Å². The van der Waals surface area contributed by atoms with Crippen molar-refractivity contribution in [1.82, 2.24) is 19.9 Å². The van der Waals surface area contributed by atoms with Crippen LogP contribution in [0.15, 0.2) is 18.2 Å². The third-order valence-electron chi connectivity index (χ3n) is 5.29. The number of halogens is 1. The number of hydrogen-bond acceptors (Lipinski definition) is 8. The number of phenolic OH excluding ortho intramolecular Hbond substituents is 1. The minimum Gasteiger partial charge on any atom is -0.505 e. The van der Waals surface area contributed by atoms with Crippen molar-refractivity contribution in [3.05, 3.63) is 24.0 Å². The van der Waals surface area contributed by atoms with Gasteiger partial charge in [0.1, 0.15) is 0 Å². The third-order valence-corrected chi connectivity index (χ3v) is 5.29. The Morgan fingerprint density at radius 1 is 1.11 bits per heavy atom. The molecular weight excluding hydrogens is 361 g/mol. The second-order valence-corrected chi connectivity index (χ2v) is 7.64. The van der Waals surface area contributed by atoms with Gasteiger partial charge in [0.05, 0.1) is 0 Å². The second-order valence-electron chi connectivity index (χ2n) is 7.64. The van der Waals surface area contributed by atoms with Crippen LogP contribution in [0.25, 0.3) is 0 Å². The molecule has 1 saturated carbocycles. The SMILES string of the molecule is CN1CCC(N(C)c2nc(Nc3ccc(O)c(F)c3)nc(NC3CC3)n2)CC1. The van der Waals surface area contributed by atoms with Gasteiger partial charge in [-0.1, -0.05) is 0 Å². The smallest absolute Gasteiger partial charge is 0.233 e. The molecule has 0 atom stereocenters. The van der Waals surface area contributed by atoms with E-state index < -0.39 is 5.82 Å². The van der Waals surface area contributed by atoms with Crippen LogP contribution in [0.1, 0.15) is 25.7 Å². The minimum absolute atomic E-state index is 0.345. The number of piperidine rings is 1. The summed E-state index contributed by atoms with van der Waals surface area (Å²) in [6.45, 7) is 2.09. The normalized spacial score (nSPS) is 18.1. The summed E-state index contributed by atoms with van der Waals surface area (Å²) in [5.41, 5.74) is 0.465. The molecule has 28 heavy (non-hydrogen) atoms. The zero-order valence-corrected chi connectivity index (χ0v) is 16.2. The average molecular weight is 387 g/mol. The summed E-state index contributed by atoms with van der Waals surface area (Å²) in [6.07, 6.45) is 4.32. The van der Waals surface area contributed by atoms with Crippen LogP contribution in [0, 0.1) is 5.82 Å². The molecule has 4 rings (SSSR count). The molecule has 0 spiro atoms. The molecule has 1 aliphatic carbocycles. The Bertz CT molecular complexity index is 837. The predicted molar refractivity (Wildman–Crippen MR) is 107 cm³/mol. The summed E-state index contributed by atoms with van der Waals surface area (Å²) in [6, 6.07) is 4.87. The van der Waals surface area contributed by atoms with Crippen molar-refractivity contribution in [2.75, 3.05) is 42.7 Å². The molecule has 2 heterocycles. The van der Waals surface area contributed by atoms with E-state index in [1.165, 1.54) is 12.1 Å². The first kappa shape index (κ1) is 18.7. The van der Waals surface area contributed by atoms with Crippen molar-refractivity contribution < 1.29 is 9.50 Å². The van der Waals surface area contributed by atoms with Crippen LogP contribution in [0.4, 0.5) is 27.9 Å². The van der Waals surface area contributed by atoms with E-state index in [1.807, 2.05) is 7.05 Å². The molecule has 150 valence electrons. The molecule has 8 nitrogen and oxygen atoms in total. The third kappa shape index (κ3) is 4.41. The molecule has 2 aliphatic rings. The molecule has 0 amide bonds. The number of rotatable bonds is 6. The van der Waals surface area contributed by atoms with E-state index in [1.54, 1.807) is 6.07 Å². The maximum atomic E-state index is 13.7. The molecule has 0 unspecified atom stereocenters. The van der Waals surface area contributed by atoms with Gasteiger partial charge in [-0.2, -0.15) is 15.0 Å². The number of anilines is 4. The van der Waals surface area contributed by atoms with Crippen molar-refractivity contribution >= 4 is 23.5 Å². The van der Waals surface area contributed by atoms with Gasteiger partial charge < -0.3 is 25.5 Å². The minimum atomic E-state index is -0.695. The zero-order valence-electron chi connectivity index (χ0n) is 16.2. The standard InChI is InChI=1S/C19H26FN7O/c1-26-9-7-14(8-10-26)27(2)19-24-17(21-12-3-4-12)23-18(25-19)22-13-5-6-16(28)15(20)11-13/h5-6,11-12,14,28H,3-4,7-10H2,1-2H3,(H2,21,22,23,24,25). The summed E-state index contributed by atoms with van der Waals surface area (Å²) in [5, 5.41) is 15.7. The van der Waals surface area contributed by atoms with Gasteiger partial charge in [0.15, 0.2) is 11.6 Å². The molecule has 1 aromatic carbocycles. The molecule has 0 bridgehead atoms. The van der Waals surface area contributed by atoms with Crippen LogP contribution >= 0.6 is 0 Å². The molecular formula is C19H26FN7O. The maximum Gasteiger partial charge on any atom is 0.233 e. The Balaban J connectivity index is 1.58. The Morgan fingerprint density at radius 2 is 1.82 bits per heavy atom. The molecule has 1 saturated heterocycles. The van der Waals surface area contributed by atoms with E-state index in [4.69, 9.17) is 0 Å². The zero-order chi connectivity index (χ0) is 19.7. The van der Waals surface area contributed by atoms with E-state index in [-0.39, 0.29) is 5.75 Å². The highest BCUT2D eigenvalue weighted by Gasteiger charge is 2.26. The van der Waals surface area contributed by atoms with E-state index in [9.17, 15) is 9.50 Å². The van der Waals surface area contributed by atoms with Crippen molar-refractivity contribution in [2.24, 2.45) is 0 Å². The van der Waals surface area contributed by atoms with Gasteiger partial charge in [0, 0.05) is 30.9 Å². The fourth-order valence-corrected chi connectivity index (χ4v) is 3.31. The van der Waals surface area contributed by atoms with E-state index >= 15 is 0 Å². The number of nitrogens with zero attached hydrogens (tertiary/aromatic N) is 5. The fourth-order valence-electron chi connectivity index (χ4n) is 3.31. The molecule has 2 fully saturated rings. The van der Waals surface area contributed by atoms with Crippen molar-refractivity contribution in [3.63, 3.8) is 0 Å². The van der Waals surface area contributed by atoms with Gasteiger partial charge in [-0.3, -0.25) is 0 Å². The Morgan fingerprint density at radius 3 is 2.50 bits per heavy atom. The number of nitrogens with one attached hydrogen (secondary N) is 2. The van der Waals surface area contributed by atoms with Crippen LogP contribution in [0.3, 0.4) is 0 Å². The summed E-state index contributed by atoms with van der Waals surface area (Å²) < 4.78 is 13.7. The largest absolute Gasteiger partial charge is 0.505 e. The number of phenols is 1. The maximum absolute atomic E-state index is 13.7. The lowest BCUT2D eigenvalue weighted by Crippen LogP contribution is -2.42. The number of benzene rings is 1. The number of aromatic hydroxyl groups is 1. The molecule has 1 aromatic heterocycles. The van der Waals surface area contributed by atoms with Crippen LogP contribution < -0.4 is 15.5 Å². The quantitative estimate of drug-likeness (QED) is 0.652. The monoisotopic (exact) mass is 387 g/mol. The molecule has 9 heteroatoms. The van der Waals surface area contributed by atoms with Gasteiger partial charge in [0.25, 0.3) is 0 Å². The number of aromatic nitrogens is 3. The Hall–Kier alpha value is -2.68. The summed E-state index contributed by atoms with van der Waals surface area (Å²) in [4.78, 5) is 18.0. The highest BCUT2D eigenvalue weighted by Crippen LogP contribution is 2.27. The summed E-state index contributed by atoms with van der Waals surface area (Å²) in [5.74, 6) is 0.375. The lowest BCUT2D eigenvalue weighted by molar-refractivity contribution is 0.252. The highest BCUT2D eigenvalue weighted by molar-refractivity contribution is 5.57. The van der Waals surface area contributed by atoms with E-state index in [0.29, 0.717) is 35.6 Å². The van der Waals surface area contributed by atoms with Gasteiger partial charge in [-0.25, -0.2) is 4.39 Å². The average Bonchev–Trinajstić information content (AvgIpc) is 3.48. The highest BCUT2D eigenvalue weighted by atomic mass is 19.1. The van der Waals surface area contributed by atoms with Crippen molar-refractivity contribution in [2.45, 2.75) is 37.8 Å². The molecule has 3 N–H and O–H groups in total. The first-order valence-electron chi connectivity index (χ1n) is 9.67. The van der Waals surface area contributed by atoms with Gasteiger partial charge in [-0.05, 0) is 58.0 Å². The first-order chi connectivity index (χ1) is 13.5. The first-order valence-corrected chi connectivity index (χ1v) is 9.67. The fraction of sp³-hybridized carbons (Fsp3) is 0.526. The predicted octanol–water partition coefficient (Wildman–Crippen LogP) is 2.56. The topological polar surface area (TPSA) is 89.4 Å². The molecule has 2 aromatic rings. The second kappa shape index (κ2) is 7.75. The van der Waals surface area contributed by atoms with Gasteiger partial charge in [0.2, 0.25) is 17.8 Å². The number of hydrogen-bond donors (Lipinski definition) is 3. The van der Waals surface area contributed by atoms with Crippen molar-refractivity contribution in [3.8, 4) is 5.75 Å². The van der Waals surface area contributed by atoms with Crippen molar-refractivity contribution in [1.29, 1.82) is 0 Å². The number of likely N-dealkylation sites (tertiary alicyclic amines) is 1. The van der Waals surface area contributed by atoms with Crippen LogP contribution in [0.2, 0.25) is 0 Å². The van der Waals surface area contributed by atoms with E-state index in [2.05, 4.69) is 42.4 Å². The Labute approximate surface area is 163 Å². The Kier molecular flexibility index (Phi) is 5.17. The molecule has 0 radical (unpaired) electrons. The summed E-state index contributed by atoms with van der Waals surface area (Å²) >= 11 is 0. The van der Waals surface area contributed by atoms with Crippen LogP contribution in [-0.2, 0) is 0 Å². The lowest BCUT2D eigenvalue weighted by Gasteiger charge is -2.35. The molecule has 1 aliphatic heterocycles. The van der Waals surface area contributed by atoms with Gasteiger partial charge >= 0.3 is 0 Å².